The number of benzene rings is 1. The van der Waals surface area contributed by atoms with Gasteiger partial charge in [-0.3, -0.25) is 9.59 Å². The van der Waals surface area contributed by atoms with Crippen LogP contribution in [0.5, 0.6) is 0 Å². The number of carboxylic acid groups (broad SMARTS) is 1. The van der Waals surface area contributed by atoms with E-state index in [0.717, 1.165) is 18.4 Å². The molecule has 2 atom stereocenters. The molecule has 1 saturated heterocycles. The largest absolute Gasteiger partial charge is 0.481 e. The minimum atomic E-state index is -0.795. The van der Waals surface area contributed by atoms with Crippen LogP contribution in [0.4, 0.5) is 4.79 Å². The van der Waals surface area contributed by atoms with Crippen LogP contribution in [0.2, 0.25) is 0 Å². The van der Waals surface area contributed by atoms with Crippen molar-refractivity contribution in [1.29, 1.82) is 0 Å². The van der Waals surface area contributed by atoms with Gasteiger partial charge in [-0.25, -0.2) is 4.79 Å². The van der Waals surface area contributed by atoms with Gasteiger partial charge in [-0.1, -0.05) is 36.8 Å². The molecule has 2 unspecified atom stereocenters. The third-order valence-corrected chi connectivity index (χ3v) is 4.60. The van der Waals surface area contributed by atoms with Crippen LogP contribution in [0.25, 0.3) is 0 Å². The van der Waals surface area contributed by atoms with E-state index in [1.807, 2.05) is 37.3 Å². The highest BCUT2D eigenvalue weighted by Crippen LogP contribution is 2.25. The lowest BCUT2D eigenvalue weighted by Crippen LogP contribution is -2.43. The van der Waals surface area contributed by atoms with E-state index >= 15 is 0 Å². The number of amides is 3. The van der Waals surface area contributed by atoms with Crippen LogP contribution in [0, 0.1) is 0 Å². The van der Waals surface area contributed by atoms with E-state index in [9.17, 15) is 14.4 Å². The maximum absolute atomic E-state index is 12.3. The summed E-state index contributed by atoms with van der Waals surface area (Å²) in [4.78, 5) is 36.4. The molecule has 0 spiro atoms. The lowest BCUT2D eigenvalue weighted by molar-refractivity contribution is -0.137. The summed E-state index contributed by atoms with van der Waals surface area (Å²) in [6.07, 6.45) is 2.58. The van der Waals surface area contributed by atoms with Crippen LogP contribution < -0.4 is 10.6 Å². The molecule has 3 amide bonds. The fourth-order valence-corrected chi connectivity index (χ4v) is 3.13. The molecule has 1 aromatic carbocycles. The first-order valence-corrected chi connectivity index (χ1v) is 9.08. The van der Waals surface area contributed by atoms with Gasteiger partial charge in [-0.05, 0) is 25.3 Å². The Morgan fingerprint density at radius 2 is 1.96 bits per heavy atom. The lowest BCUT2D eigenvalue weighted by Gasteiger charge is -2.25. The number of urea groups is 1. The molecule has 1 heterocycles. The summed E-state index contributed by atoms with van der Waals surface area (Å²) in [5.41, 5.74) is 1.08. The molecule has 0 radical (unpaired) electrons. The van der Waals surface area contributed by atoms with Crippen LogP contribution in [-0.4, -0.2) is 47.0 Å². The van der Waals surface area contributed by atoms with Gasteiger partial charge in [-0.15, -0.1) is 0 Å². The van der Waals surface area contributed by atoms with Gasteiger partial charge in [0.1, 0.15) is 0 Å². The van der Waals surface area contributed by atoms with Crippen LogP contribution in [0.15, 0.2) is 30.3 Å². The minimum absolute atomic E-state index is 0.0206. The summed E-state index contributed by atoms with van der Waals surface area (Å²) in [5.74, 6) is -0.754. The van der Waals surface area contributed by atoms with Gasteiger partial charge >= 0.3 is 12.0 Å². The van der Waals surface area contributed by atoms with Gasteiger partial charge in [0.2, 0.25) is 5.91 Å². The fourth-order valence-electron chi connectivity index (χ4n) is 3.13. The first-order valence-electron chi connectivity index (χ1n) is 9.08. The number of aliphatic carboxylic acids is 1. The van der Waals surface area contributed by atoms with Crippen molar-refractivity contribution in [3.05, 3.63) is 35.9 Å². The number of hydrogen-bond donors (Lipinski definition) is 3. The maximum Gasteiger partial charge on any atom is 0.315 e. The minimum Gasteiger partial charge on any atom is -0.481 e. The predicted octanol–water partition coefficient (Wildman–Crippen LogP) is 2.29. The zero-order chi connectivity index (χ0) is 18.9. The Bertz CT molecular complexity index is 620. The third-order valence-electron chi connectivity index (χ3n) is 4.60. The van der Waals surface area contributed by atoms with E-state index in [4.69, 9.17) is 5.11 Å². The van der Waals surface area contributed by atoms with Gasteiger partial charge in [0, 0.05) is 25.9 Å². The van der Waals surface area contributed by atoms with E-state index in [2.05, 4.69) is 10.6 Å². The van der Waals surface area contributed by atoms with Crippen molar-refractivity contribution < 1.29 is 19.5 Å². The molecular weight excluding hydrogens is 334 g/mol. The molecule has 7 nitrogen and oxygen atoms in total. The first-order chi connectivity index (χ1) is 12.5. The van der Waals surface area contributed by atoms with E-state index in [1.54, 1.807) is 4.90 Å². The topological polar surface area (TPSA) is 98.7 Å². The second-order valence-electron chi connectivity index (χ2n) is 6.64. The van der Waals surface area contributed by atoms with E-state index in [0.29, 0.717) is 25.9 Å². The molecule has 7 heteroatoms. The van der Waals surface area contributed by atoms with Gasteiger partial charge in [0.25, 0.3) is 0 Å². The van der Waals surface area contributed by atoms with Gasteiger partial charge in [0.05, 0.1) is 12.1 Å². The highest BCUT2D eigenvalue weighted by molar-refractivity contribution is 5.82. The predicted molar refractivity (Wildman–Crippen MR) is 97.6 cm³/mol. The van der Waals surface area contributed by atoms with Crippen LogP contribution in [0.1, 0.15) is 50.6 Å². The van der Waals surface area contributed by atoms with Crippen molar-refractivity contribution in [2.75, 3.05) is 13.1 Å². The number of carbonyl (C=O) groups excluding carboxylic acids is 2. The molecule has 0 aromatic heterocycles. The highest BCUT2D eigenvalue weighted by atomic mass is 16.4. The van der Waals surface area contributed by atoms with Gasteiger partial charge in [-0.2, -0.15) is 0 Å². The van der Waals surface area contributed by atoms with Crippen LogP contribution in [-0.2, 0) is 9.59 Å². The van der Waals surface area contributed by atoms with Gasteiger partial charge in [0.15, 0.2) is 0 Å². The van der Waals surface area contributed by atoms with E-state index in [1.165, 1.54) is 0 Å². The Morgan fingerprint density at radius 1 is 1.23 bits per heavy atom. The number of rotatable bonds is 9. The molecule has 3 N–H and O–H groups in total. The summed E-state index contributed by atoms with van der Waals surface area (Å²) in [6.45, 7) is 2.99. The Balaban J connectivity index is 1.70. The monoisotopic (exact) mass is 361 g/mol. The average Bonchev–Trinajstić information content (AvgIpc) is 2.98. The number of carbonyl (C=O) groups is 3. The van der Waals surface area contributed by atoms with Gasteiger partial charge < -0.3 is 20.6 Å². The van der Waals surface area contributed by atoms with Crippen LogP contribution in [0.3, 0.4) is 0 Å². The average molecular weight is 361 g/mol. The number of nitrogens with zero attached hydrogens (tertiary/aromatic N) is 1. The summed E-state index contributed by atoms with van der Waals surface area (Å²) in [6, 6.07) is 9.34. The van der Waals surface area contributed by atoms with Crippen molar-refractivity contribution in [3.63, 3.8) is 0 Å². The van der Waals surface area contributed by atoms with Crippen molar-refractivity contribution in [1.82, 2.24) is 15.5 Å². The number of likely N-dealkylation sites (tertiary alicyclic amines) is 1. The van der Waals surface area contributed by atoms with Crippen molar-refractivity contribution >= 4 is 17.9 Å². The third kappa shape index (κ3) is 6.06. The maximum atomic E-state index is 12.3. The molecule has 0 saturated carbocycles. The summed E-state index contributed by atoms with van der Waals surface area (Å²) >= 11 is 0. The smallest absolute Gasteiger partial charge is 0.315 e. The zero-order valence-corrected chi connectivity index (χ0v) is 15.1. The van der Waals surface area contributed by atoms with E-state index in [-0.39, 0.29) is 30.4 Å². The number of hydrogen-bond acceptors (Lipinski definition) is 3. The number of carboxylic acids is 1. The van der Waals surface area contributed by atoms with Crippen molar-refractivity contribution in [2.45, 2.75) is 51.1 Å². The van der Waals surface area contributed by atoms with Crippen molar-refractivity contribution in [2.24, 2.45) is 0 Å². The SMILES string of the molecule is CC(c1ccccc1)N1CC(NC(=O)NCCCCCC(=O)O)CC1=O. The molecule has 1 aliphatic rings. The zero-order valence-electron chi connectivity index (χ0n) is 15.1. The fraction of sp³-hybridized carbons (Fsp3) is 0.526. The molecule has 1 aliphatic heterocycles. The lowest BCUT2D eigenvalue weighted by atomic mass is 10.1. The Labute approximate surface area is 153 Å². The molecule has 26 heavy (non-hydrogen) atoms. The molecule has 1 aromatic rings. The summed E-state index contributed by atoms with van der Waals surface area (Å²) < 4.78 is 0. The van der Waals surface area contributed by atoms with Crippen LogP contribution >= 0.6 is 0 Å². The Kier molecular flexibility index (Phi) is 7.44. The summed E-state index contributed by atoms with van der Waals surface area (Å²) in [5, 5.41) is 14.2. The Morgan fingerprint density at radius 3 is 2.65 bits per heavy atom. The second-order valence-corrected chi connectivity index (χ2v) is 6.64. The highest BCUT2D eigenvalue weighted by Gasteiger charge is 2.33. The first kappa shape index (κ1) is 19.8. The number of nitrogens with one attached hydrogen (secondary N) is 2. The quantitative estimate of drug-likeness (QED) is 0.588. The second kappa shape index (κ2) is 9.79. The standard InChI is InChI=1S/C19H27N3O4/c1-14(15-8-4-2-5-9-15)22-13-16(12-17(22)23)21-19(26)20-11-7-3-6-10-18(24)25/h2,4-5,8-9,14,16H,3,6-7,10-13H2,1H3,(H,24,25)(H2,20,21,26). The Hall–Kier alpha value is -2.57. The molecule has 2 rings (SSSR count). The molecular formula is C19H27N3O4. The summed E-state index contributed by atoms with van der Waals surface area (Å²) in [7, 11) is 0. The molecule has 0 aliphatic carbocycles. The van der Waals surface area contributed by atoms with E-state index < -0.39 is 5.97 Å². The van der Waals surface area contributed by atoms with Crippen molar-refractivity contribution in [3.8, 4) is 0 Å². The molecule has 142 valence electrons. The molecule has 1 fully saturated rings. The number of unbranched alkanes of at least 4 members (excludes halogenated alkanes) is 2. The normalized spacial score (nSPS) is 17.8. The molecule has 0 bridgehead atoms.